The number of benzene rings is 4. The molecule has 0 spiro atoms. The van der Waals surface area contributed by atoms with Gasteiger partial charge in [0.1, 0.15) is 23.0 Å². The molecule has 9 heteroatoms. The number of aryl methyl sites for hydroxylation is 1. The van der Waals surface area contributed by atoms with E-state index in [2.05, 4.69) is 53.3 Å². The highest BCUT2D eigenvalue weighted by Crippen LogP contribution is 2.43. The van der Waals surface area contributed by atoms with Crippen molar-refractivity contribution in [1.82, 2.24) is 0 Å². The molecule has 1 saturated carbocycles. The van der Waals surface area contributed by atoms with Crippen LogP contribution in [-0.4, -0.2) is 6.36 Å². The van der Waals surface area contributed by atoms with Crippen molar-refractivity contribution in [3.05, 3.63) is 119 Å². The van der Waals surface area contributed by atoms with E-state index in [1.807, 2.05) is 6.92 Å². The van der Waals surface area contributed by atoms with Crippen LogP contribution in [0, 0.1) is 17.5 Å². The van der Waals surface area contributed by atoms with Gasteiger partial charge in [-0.2, -0.15) is 8.78 Å². The van der Waals surface area contributed by atoms with Crippen LogP contribution in [0.4, 0.5) is 35.1 Å². The lowest BCUT2D eigenvalue weighted by Gasteiger charge is -2.29. The number of rotatable bonds is 8. The van der Waals surface area contributed by atoms with Gasteiger partial charge in [-0.05, 0) is 109 Å². The Bertz CT molecular complexity index is 1640. The zero-order chi connectivity index (χ0) is 31.6. The number of ether oxygens (including phenoxy) is 1. The van der Waals surface area contributed by atoms with Gasteiger partial charge < -0.3 is 0 Å². The summed E-state index contributed by atoms with van der Waals surface area (Å²) in [6, 6.07) is 18.0. The molecule has 0 aliphatic heterocycles. The zero-order valence-electron chi connectivity index (χ0n) is 23.8. The smallest absolute Gasteiger partial charge is 0.222 e. The van der Waals surface area contributed by atoms with Crippen molar-refractivity contribution in [3.8, 4) is 11.1 Å². The van der Waals surface area contributed by atoms with Gasteiger partial charge in [-0.25, -0.2) is 17.9 Å². The molecular weight excluding hydrogens is 588 g/mol. The first-order valence-electron chi connectivity index (χ1n) is 14.4. The molecule has 0 saturated heterocycles. The fourth-order valence-corrected chi connectivity index (χ4v) is 6.12. The highest BCUT2D eigenvalue weighted by molar-refractivity contribution is 5.84. The summed E-state index contributed by atoms with van der Waals surface area (Å²) in [5.41, 5.74) is 0.359. The molecule has 0 heterocycles. The normalized spacial score (nSPS) is 17.9. The van der Waals surface area contributed by atoms with Crippen LogP contribution in [0.5, 0.6) is 0 Å². The van der Waals surface area contributed by atoms with Crippen LogP contribution in [0.3, 0.4) is 0 Å². The largest absolute Gasteiger partial charge is 0.527 e. The molecule has 1 aliphatic rings. The van der Waals surface area contributed by atoms with Crippen LogP contribution in [0.25, 0.3) is 21.9 Å². The molecule has 0 atom stereocenters. The Labute approximate surface area is 250 Å². The summed E-state index contributed by atoms with van der Waals surface area (Å²) < 4.78 is 111. The van der Waals surface area contributed by atoms with E-state index in [1.165, 1.54) is 34.0 Å². The van der Waals surface area contributed by atoms with Gasteiger partial charge in [0.2, 0.25) is 0 Å². The second-order valence-electron chi connectivity index (χ2n) is 11.2. The van der Waals surface area contributed by atoms with Gasteiger partial charge in [-0.3, -0.25) is 0 Å². The number of fused-ring (bicyclic) bond motifs is 1. The molecule has 0 N–H and O–H groups in total. The molecule has 5 rings (SSSR count). The SMILES string of the molecule is CC=CCCc1ccc2cc(C3CCC(c4ccc(-c5cc(F)c(C(F)(F)OC(F)(F)F)c(F)c5)c(F)c4)CC3)ccc2c1. The van der Waals surface area contributed by atoms with E-state index in [-0.39, 0.29) is 11.5 Å². The highest BCUT2D eigenvalue weighted by Gasteiger charge is 2.49. The number of alkyl halides is 5. The summed E-state index contributed by atoms with van der Waals surface area (Å²) in [5.74, 6) is -4.39. The first-order valence-corrected chi connectivity index (χ1v) is 14.4. The summed E-state index contributed by atoms with van der Waals surface area (Å²) in [6.07, 6.45) is -1.54. The van der Waals surface area contributed by atoms with Crippen molar-refractivity contribution in [2.45, 2.75) is 69.8 Å². The van der Waals surface area contributed by atoms with Crippen molar-refractivity contribution in [1.29, 1.82) is 0 Å². The zero-order valence-corrected chi connectivity index (χ0v) is 23.8. The number of allylic oxidation sites excluding steroid dienone is 2. The maximum absolute atomic E-state index is 15.1. The minimum Gasteiger partial charge on any atom is -0.222 e. The van der Waals surface area contributed by atoms with Crippen molar-refractivity contribution < 1.29 is 39.9 Å². The molecule has 0 aromatic heterocycles. The average molecular weight is 619 g/mol. The van der Waals surface area contributed by atoms with Crippen molar-refractivity contribution in [2.75, 3.05) is 0 Å². The van der Waals surface area contributed by atoms with Crippen LogP contribution in [0.15, 0.2) is 78.9 Å². The Kier molecular flexibility index (Phi) is 9.16. The van der Waals surface area contributed by atoms with Gasteiger partial charge in [0.15, 0.2) is 0 Å². The monoisotopic (exact) mass is 618 g/mol. The molecule has 1 nitrogen and oxygen atoms in total. The molecule has 0 amide bonds. The fourth-order valence-electron chi connectivity index (χ4n) is 6.12. The maximum atomic E-state index is 15.1. The molecule has 1 aliphatic carbocycles. The second kappa shape index (κ2) is 12.7. The third-order valence-electron chi connectivity index (χ3n) is 8.32. The highest BCUT2D eigenvalue weighted by atomic mass is 19.4. The Morgan fingerprint density at radius 3 is 1.86 bits per heavy atom. The molecule has 232 valence electrons. The number of hydrogen-bond donors (Lipinski definition) is 0. The fraction of sp³-hybridized carbons (Fsp3) is 0.314. The summed E-state index contributed by atoms with van der Waals surface area (Å²) in [7, 11) is 0. The molecule has 1 fully saturated rings. The first kappa shape index (κ1) is 31.7. The second-order valence-corrected chi connectivity index (χ2v) is 11.2. The van der Waals surface area contributed by atoms with E-state index in [4.69, 9.17) is 0 Å². The molecule has 0 bridgehead atoms. The first-order chi connectivity index (χ1) is 20.8. The van der Waals surface area contributed by atoms with Crippen molar-refractivity contribution in [2.24, 2.45) is 0 Å². The van der Waals surface area contributed by atoms with Gasteiger partial charge in [-0.1, -0.05) is 60.7 Å². The maximum Gasteiger partial charge on any atom is 0.527 e. The minimum atomic E-state index is -5.84. The van der Waals surface area contributed by atoms with Crippen LogP contribution >= 0.6 is 0 Å². The van der Waals surface area contributed by atoms with E-state index >= 15 is 4.39 Å². The lowest BCUT2D eigenvalue weighted by Crippen LogP contribution is -2.29. The quantitative estimate of drug-likeness (QED) is 0.141. The Balaban J connectivity index is 1.27. The number of hydrogen-bond acceptors (Lipinski definition) is 1. The van der Waals surface area contributed by atoms with Crippen LogP contribution in [-0.2, 0) is 17.3 Å². The van der Waals surface area contributed by atoms with Crippen LogP contribution in [0.2, 0.25) is 0 Å². The van der Waals surface area contributed by atoms with Gasteiger partial charge in [0, 0.05) is 5.56 Å². The predicted octanol–water partition coefficient (Wildman–Crippen LogP) is 11.5. The van der Waals surface area contributed by atoms with E-state index in [1.54, 1.807) is 6.07 Å². The summed E-state index contributed by atoms with van der Waals surface area (Å²) >= 11 is 0. The van der Waals surface area contributed by atoms with E-state index in [9.17, 15) is 30.7 Å². The van der Waals surface area contributed by atoms with Gasteiger partial charge >= 0.3 is 12.5 Å². The topological polar surface area (TPSA) is 9.23 Å². The predicted molar refractivity (Wildman–Crippen MR) is 154 cm³/mol. The molecular formula is C35H30F8O. The Morgan fingerprint density at radius 1 is 0.705 bits per heavy atom. The molecule has 44 heavy (non-hydrogen) atoms. The minimum absolute atomic E-state index is 0.0593. The number of halogens is 8. The van der Waals surface area contributed by atoms with Gasteiger partial charge in [0.25, 0.3) is 0 Å². The Morgan fingerprint density at radius 2 is 1.27 bits per heavy atom. The lowest BCUT2D eigenvalue weighted by molar-refractivity contribution is -0.432. The van der Waals surface area contributed by atoms with E-state index < -0.39 is 41.0 Å². The summed E-state index contributed by atoms with van der Waals surface area (Å²) in [6.45, 7) is 2.01. The van der Waals surface area contributed by atoms with Crippen molar-refractivity contribution >= 4 is 10.8 Å². The van der Waals surface area contributed by atoms with E-state index in [0.717, 1.165) is 38.5 Å². The van der Waals surface area contributed by atoms with E-state index in [0.29, 0.717) is 23.6 Å². The van der Waals surface area contributed by atoms with Crippen LogP contribution < -0.4 is 0 Å². The Hall–Kier alpha value is -3.72. The summed E-state index contributed by atoms with van der Waals surface area (Å²) in [4.78, 5) is 0. The average Bonchev–Trinajstić information content (AvgIpc) is 2.95. The third kappa shape index (κ3) is 7.15. The van der Waals surface area contributed by atoms with Crippen molar-refractivity contribution in [3.63, 3.8) is 0 Å². The standard InChI is InChI=1S/C35H30F8O/c1-2-3-4-5-21-6-7-26-17-25(13-12-24(26)16-21)22-8-10-23(11-9-22)27-14-15-29(30(36)18-27)28-19-31(37)33(32(38)20-28)34(39,40)44-35(41,42)43/h2-3,6-7,12-20,22-23H,4-5,8-11H2,1H3. The van der Waals surface area contributed by atoms with Gasteiger partial charge in [0.05, 0.1) is 0 Å². The van der Waals surface area contributed by atoms with Gasteiger partial charge in [-0.15, -0.1) is 13.2 Å². The van der Waals surface area contributed by atoms with Crippen LogP contribution in [0.1, 0.15) is 73.1 Å². The molecule has 4 aromatic rings. The third-order valence-corrected chi connectivity index (χ3v) is 8.32. The molecule has 4 aromatic carbocycles. The lowest BCUT2D eigenvalue weighted by atomic mass is 9.75. The molecule has 0 radical (unpaired) electrons. The summed E-state index contributed by atoms with van der Waals surface area (Å²) in [5, 5.41) is 2.39. The molecule has 0 unspecified atom stereocenters.